The normalized spacial score (nSPS) is 24.8. The van der Waals surface area contributed by atoms with Crippen LogP contribution in [0.25, 0.3) is 0 Å². The second-order valence-corrected chi connectivity index (χ2v) is 8.44. The van der Waals surface area contributed by atoms with Gasteiger partial charge in [0, 0.05) is 39.1 Å². The lowest BCUT2D eigenvalue weighted by atomic mass is 9.87. The van der Waals surface area contributed by atoms with Gasteiger partial charge >= 0.3 is 6.03 Å². The molecule has 0 radical (unpaired) electrons. The molecular weight excluding hydrogens is 368 g/mol. The fourth-order valence-electron chi connectivity index (χ4n) is 4.86. The van der Waals surface area contributed by atoms with Crippen molar-refractivity contribution in [1.29, 1.82) is 0 Å². The number of likely N-dealkylation sites (tertiary alicyclic amines) is 2. The molecule has 0 bridgehead atoms. The number of carbonyl (C=O) groups is 3. The van der Waals surface area contributed by atoms with Gasteiger partial charge in [-0.05, 0) is 31.2 Å². The molecule has 1 atom stereocenters. The number of amides is 4. The van der Waals surface area contributed by atoms with E-state index >= 15 is 0 Å². The van der Waals surface area contributed by atoms with Crippen molar-refractivity contribution in [3.05, 3.63) is 35.9 Å². The Balaban J connectivity index is 1.40. The van der Waals surface area contributed by atoms with Crippen molar-refractivity contribution in [2.24, 2.45) is 0 Å². The van der Waals surface area contributed by atoms with Crippen molar-refractivity contribution in [3.8, 4) is 0 Å². The van der Waals surface area contributed by atoms with E-state index < -0.39 is 5.54 Å². The molecule has 29 heavy (non-hydrogen) atoms. The number of nitrogens with one attached hydrogen (secondary N) is 1. The van der Waals surface area contributed by atoms with Gasteiger partial charge in [-0.3, -0.25) is 19.4 Å². The minimum absolute atomic E-state index is 0.0886. The molecule has 156 valence electrons. The molecule has 7 nitrogen and oxygen atoms in total. The predicted octanol–water partition coefficient (Wildman–Crippen LogP) is 1.97. The lowest BCUT2D eigenvalue weighted by Crippen LogP contribution is -2.56. The first-order valence-corrected chi connectivity index (χ1v) is 10.7. The lowest BCUT2D eigenvalue weighted by molar-refractivity contribution is -0.139. The zero-order valence-electron chi connectivity index (χ0n) is 17.1. The third kappa shape index (κ3) is 3.88. The van der Waals surface area contributed by atoms with Gasteiger partial charge in [-0.15, -0.1) is 0 Å². The standard InChI is InChI=1S/C22H30N4O3/c1-2-19(27)25-12-6-9-18(16-25)26-20(28)22(23-21(26)29)10-13-24(14-11-22)15-17-7-4-3-5-8-17/h3-5,7-8,18H,2,6,9-16H2,1H3,(H,23,29). The summed E-state index contributed by atoms with van der Waals surface area (Å²) in [6, 6.07) is 9.81. The Hall–Kier alpha value is -2.41. The zero-order chi connectivity index (χ0) is 20.4. The van der Waals surface area contributed by atoms with E-state index in [2.05, 4.69) is 22.3 Å². The minimum Gasteiger partial charge on any atom is -0.341 e. The number of imide groups is 1. The maximum atomic E-state index is 13.3. The fraction of sp³-hybridized carbons (Fsp3) is 0.591. The van der Waals surface area contributed by atoms with Gasteiger partial charge < -0.3 is 10.2 Å². The second-order valence-electron chi connectivity index (χ2n) is 8.44. The van der Waals surface area contributed by atoms with Crippen LogP contribution in [0.5, 0.6) is 0 Å². The number of benzene rings is 1. The molecule has 0 aliphatic carbocycles. The Morgan fingerprint density at radius 2 is 1.86 bits per heavy atom. The fourth-order valence-corrected chi connectivity index (χ4v) is 4.86. The van der Waals surface area contributed by atoms with Crippen molar-refractivity contribution in [3.63, 3.8) is 0 Å². The first kappa shape index (κ1) is 19.9. The van der Waals surface area contributed by atoms with Gasteiger partial charge in [0.25, 0.3) is 5.91 Å². The monoisotopic (exact) mass is 398 g/mol. The van der Waals surface area contributed by atoms with Gasteiger partial charge in [-0.2, -0.15) is 0 Å². The minimum atomic E-state index is -0.776. The van der Waals surface area contributed by atoms with E-state index in [0.717, 1.165) is 32.5 Å². The summed E-state index contributed by atoms with van der Waals surface area (Å²) in [6.45, 7) is 5.44. The molecule has 4 rings (SSSR count). The van der Waals surface area contributed by atoms with Crippen LogP contribution in [0.1, 0.15) is 44.6 Å². The van der Waals surface area contributed by atoms with Crippen LogP contribution in [-0.2, 0) is 16.1 Å². The molecule has 0 saturated carbocycles. The molecule has 3 heterocycles. The maximum absolute atomic E-state index is 13.3. The average molecular weight is 399 g/mol. The van der Waals surface area contributed by atoms with Crippen LogP contribution in [0, 0.1) is 0 Å². The lowest BCUT2D eigenvalue weighted by Gasteiger charge is -2.39. The summed E-state index contributed by atoms with van der Waals surface area (Å²) in [5.74, 6) is -0.0108. The van der Waals surface area contributed by atoms with Gasteiger partial charge in [-0.1, -0.05) is 37.3 Å². The summed E-state index contributed by atoms with van der Waals surface area (Å²) in [5.41, 5.74) is 0.483. The second kappa shape index (κ2) is 8.14. The van der Waals surface area contributed by atoms with Crippen molar-refractivity contribution in [1.82, 2.24) is 20.0 Å². The number of carbonyl (C=O) groups excluding carboxylic acids is 3. The molecule has 3 fully saturated rings. The molecule has 1 unspecified atom stereocenters. The predicted molar refractivity (Wildman–Crippen MR) is 109 cm³/mol. The maximum Gasteiger partial charge on any atom is 0.325 e. The van der Waals surface area contributed by atoms with E-state index in [1.165, 1.54) is 10.5 Å². The highest BCUT2D eigenvalue weighted by atomic mass is 16.2. The molecular formula is C22H30N4O3. The smallest absolute Gasteiger partial charge is 0.325 e. The Bertz CT molecular complexity index is 774. The largest absolute Gasteiger partial charge is 0.341 e. The molecule has 1 N–H and O–H groups in total. The molecule has 1 aromatic rings. The van der Waals surface area contributed by atoms with E-state index in [-0.39, 0.29) is 23.9 Å². The number of hydrogen-bond acceptors (Lipinski definition) is 4. The van der Waals surface area contributed by atoms with Crippen molar-refractivity contribution >= 4 is 17.8 Å². The number of piperidine rings is 2. The molecule has 1 spiro atoms. The highest BCUT2D eigenvalue weighted by molar-refractivity contribution is 6.07. The van der Waals surface area contributed by atoms with Crippen LogP contribution in [0.4, 0.5) is 4.79 Å². The summed E-state index contributed by atoms with van der Waals surface area (Å²) in [5, 5.41) is 3.02. The first-order chi connectivity index (χ1) is 14.0. The number of hydrogen-bond donors (Lipinski definition) is 1. The van der Waals surface area contributed by atoms with E-state index in [0.29, 0.717) is 32.4 Å². The quantitative estimate of drug-likeness (QED) is 0.787. The molecule has 3 aliphatic rings. The van der Waals surface area contributed by atoms with Crippen LogP contribution < -0.4 is 5.32 Å². The van der Waals surface area contributed by atoms with Crippen LogP contribution in [0.3, 0.4) is 0 Å². The van der Waals surface area contributed by atoms with E-state index in [9.17, 15) is 14.4 Å². The Morgan fingerprint density at radius 1 is 1.14 bits per heavy atom. The van der Waals surface area contributed by atoms with Gasteiger partial charge in [-0.25, -0.2) is 4.79 Å². The van der Waals surface area contributed by atoms with Crippen LogP contribution >= 0.6 is 0 Å². The summed E-state index contributed by atoms with van der Waals surface area (Å²) in [4.78, 5) is 43.7. The molecule has 7 heteroatoms. The van der Waals surface area contributed by atoms with Crippen molar-refractivity contribution < 1.29 is 14.4 Å². The van der Waals surface area contributed by atoms with Gasteiger partial charge in [0.1, 0.15) is 5.54 Å². The third-order valence-electron chi connectivity index (χ3n) is 6.57. The highest BCUT2D eigenvalue weighted by Gasteiger charge is 2.54. The van der Waals surface area contributed by atoms with Crippen LogP contribution in [-0.4, -0.2) is 70.3 Å². The summed E-state index contributed by atoms with van der Waals surface area (Å²) >= 11 is 0. The highest BCUT2D eigenvalue weighted by Crippen LogP contribution is 2.32. The van der Waals surface area contributed by atoms with Gasteiger partial charge in [0.2, 0.25) is 5.91 Å². The molecule has 1 aromatic carbocycles. The first-order valence-electron chi connectivity index (χ1n) is 10.7. The number of urea groups is 1. The number of rotatable bonds is 4. The Morgan fingerprint density at radius 3 is 2.55 bits per heavy atom. The third-order valence-corrected chi connectivity index (χ3v) is 6.57. The van der Waals surface area contributed by atoms with Crippen LogP contribution in [0.15, 0.2) is 30.3 Å². The van der Waals surface area contributed by atoms with Crippen molar-refractivity contribution in [2.75, 3.05) is 26.2 Å². The molecule has 3 saturated heterocycles. The van der Waals surface area contributed by atoms with Crippen molar-refractivity contribution in [2.45, 2.75) is 57.2 Å². The van der Waals surface area contributed by atoms with Gasteiger partial charge in [0.15, 0.2) is 0 Å². The van der Waals surface area contributed by atoms with E-state index in [1.54, 1.807) is 4.90 Å². The van der Waals surface area contributed by atoms with E-state index in [4.69, 9.17) is 0 Å². The zero-order valence-corrected chi connectivity index (χ0v) is 17.1. The Kier molecular flexibility index (Phi) is 5.58. The van der Waals surface area contributed by atoms with E-state index in [1.807, 2.05) is 25.1 Å². The topological polar surface area (TPSA) is 73.0 Å². The summed E-state index contributed by atoms with van der Waals surface area (Å²) in [6.07, 6.45) is 3.30. The van der Waals surface area contributed by atoms with Gasteiger partial charge in [0.05, 0.1) is 6.04 Å². The number of nitrogens with zero attached hydrogens (tertiary/aromatic N) is 3. The average Bonchev–Trinajstić information content (AvgIpc) is 2.99. The summed E-state index contributed by atoms with van der Waals surface area (Å²) in [7, 11) is 0. The SMILES string of the molecule is CCC(=O)N1CCCC(N2C(=O)NC3(CCN(Cc4ccccc4)CC3)C2=O)C1. The van der Waals surface area contributed by atoms with Crippen LogP contribution in [0.2, 0.25) is 0 Å². The molecule has 4 amide bonds. The summed E-state index contributed by atoms with van der Waals surface area (Å²) < 4.78 is 0. The Labute approximate surface area is 172 Å². The molecule has 3 aliphatic heterocycles. The molecule has 0 aromatic heterocycles.